The number of hydrogen-bond donors (Lipinski definition) is 1. The Morgan fingerprint density at radius 1 is 1.21 bits per heavy atom. The minimum Gasteiger partial charge on any atom is -0.329 e. The van der Waals surface area contributed by atoms with Gasteiger partial charge in [0.2, 0.25) is 0 Å². The highest BCUT2D eigenvalue weighted by molar-refractivity contribution is 5.92. The molecule has 1 aliphatic carbocycles. The lowest BCUT2D eigenvalue weighted by atomic mass is 9.64. The van der Waals surface area contributed by atoms with Crippen LogP contribution >= 0.6 is 0 Å². The summed E-state index contributed by atoms with van der Waals surface area (Å²) >= 11 is 0. The van der Waals surface area contributed by atoms with Crippen molar-refractivity contribution in [3.8, 4) is 0 Å². The molecular formula is C23H28N4O. The van der Waals surface area contributed by atoms with Crippen molar-refractivity contribution in [2.24, 2.45) is 5.41 Å². The highest BCUT2D eigenvalue weighted by Crippen LogP contribution is 2.52. The summed E-state index contributed by atoms with van der Waals surface area (Å²) in [7, 11) is 0. The van der Waals surface area contributed by atoms with Crippen molar-refractivity contribution in [3.05, 3.63) is 59.7 Å². The molecule has 1 aromatic heterocycles. The molecule has 2 bridgehead atoms. The average Bonchev–Trinajstić information content (AvgIpc) is 3.05. The van der Waals surface area contributed by atoms with E-state index in [0.29, 0.717) is 17.8 Å². The monoisotopic (exact) mass is 376 g/mol. The van der Waals surface area contributed by atoms with E-state index in [9.17, 15) is 4.79 Å². The summed E-state index contributed by atoms with van der Waals surface area (Å²) in [6.45, 7) is 4.28. The van der Waals surface area contributed by atoms with Gasteiger partial charge in [-0.25, -0.2) is 4.98 Å². The molecule has 1 saturated carbocycles. The highest BCUT2D eigenvalue weighted by atomic mass is 16.2. The van der Waals surface area contributed by atoms with E-state index in [0.717, 1.165) is 25.0 Å². The number of carbonyl (C=O) groups excluding carboxylic acids is 1. The first kappa shape index (κ1) is 17.8. The summed E-state index contributed by atoms with van der Waals surface area (Å²) in [5, 5.41) is 3.91. The van der Waals surface area contributed by atoms with Crippen LogP contribution in [0.2, 0.25) is 0 Å². The number of rotatable bonds is 3. The molecule has 3 heterocycles. The second kappa shape index (κ2) is 6.66. The number of aryl methyl sites for hydroxylation is 1. The van der Waals surface area contributed by atoms with Crippen LogP contribution in [0.15, 0.2) is 42.7 Å². The molecule has 0 unspecified atom stereocenters. The van der Waals surface area contributed by atoms with Gasteiger partial charge >= 0.3 is 0 Å². The van der Waals surface area contributed by atoms with Gasteiger partial charge in [-0.05, 0) is 44.6 Å². The Morgan fingerprint density at radius 2 is 2.04 bits per heavy atom. The molecule has 28 heavy (non-hydrogen) atoms. The van der Waals surface area contributed by atoms with E-state index >= 15 is 0 Å². The predicted molar refractivity (Wildman–Crippen MR) is 108 cm³/mol. The molecule has 2 aliphatic heterocycles. The highest BCUT2D eigenvalue weighted by Gasteiger charge is 2.60. The van der Waals surface area contributed by atoms with Crippen LogP contribution in [0.25, 0.3) is 0 Å². The van der Waals surface area contributed by atoms with Gasteiger partial charge in [0.05, 0.1) is 17.9 Å². The summed E-state index contributed by atoms with van der Waals surface area (Å²) in [5.74, 6) is 0.0405. The first-order valence-corrected chi connectivity index (χ1v) is 10.5. The Morgan fingerprint density at radius 3 is 2.79 bits per heavy atom. The molecule has 1 aromatic carbocycles. The average molecular weight is 377 g/mol. The summed E-state index contributed by atoms with van der Waals surface area (Å²) in [6.07, 6.45) is 8.84. The van der Waals surface area contributed by atoms with Crippen LogP contribution in [0.3, 0.4) is 0 Å². The number of benzene rings is 1. The van der Waals surface area contributed by atoms with E-state index < -0.39 is 0 Å². The zero-order valence-corrected chi connectivity index (χ0v) is 16.6. The van der Waals surface area contributed by atoms with Gasteiger partial charge in [0.15, 0.2) is 0 Å². The van der Waals surface area contributed by atoms with Gasteiger partial charge in [-0.2, -0.15) is 0 Å². The molecule has 3 aliphatic rings. The van der Waals surface area contributed by atoms with E-state index in [4.69, 9.17) is 0 Å². The first-order valence-electron chi connectivity index (χ1n) is 10.5. The van der Waals surface area contributed by atoms with Crippen molar-refractivity contribution >= 4 is 5.91 Å². The van der Waals surface area contributed by atoms with Gasteiger partial charge in [-0.3, -0.25) is 9.78 Å². The lowest BCUT2D eigenvalue weighted by Gasteiger charge is -2.53. The van der Waals surface area contributed by atoms with Gasteiger partial charge in [0, 0.05) is 29.7 Å². The number of likely N-dealkylation sites (tertiary alicyclic amines) is 1. The summed E-state index contributed by atoms with van der Waals surface area (Å²) in [5.41, 5.74) is 2.74. The molecule has 5 nitrogen and oxygen atoms in total. The molecule has 2 saturated heterocycles. The minimum atomic E-state index is 0.0405. The van der Waals surface area contributed by atoms with Crippen molar-refractivity contribution < 1.29 is 4.79 Å². The van der Waals surface area contributed by atoms with Gasteiger partial charge in [-0.1, -0.05) is 37.3 Å². The number of aromatic nitrogens is 2. The van der Waals surface area contributed by atoms with Crippen molar-refractivity contribution in [1.29, 1.82) is 0 Å². The number of hydrogen-bond acceptors (Lipinski definition) is 4. The molecule has 0 spiro atoms. The fourth-order valence-corrected chi connectivity index (χ4v) is 5.90. The Kier molecular flexibility index (Phi) is 4.23. The minimum absolute atomic E-state index is 0.0405. The molecule has 146 valence electrons. The molecule has 1 amide bonds. The lowest BCUT2D eigenvalue weighted by molar-refractivity contribution is -0.0115. The summed E-state index contributed by atoms with van der Waals surface area (Å²) < 4.78 is 0. The van der Waals surface area contributed by atoms with Crippen molar-refractivity contribution in [3.63, 3.8) is 0 Å². The smallest absolute Gasteiger partial charge is 0.274 e. The van der Waals surface area contributed by atoms with Crippen LogP contribution in [0.5, 0.6) is 0 Å². The zero-order chi connectivity index (χ0) is 19.3. The Labute approximate surface area is 166 Å². The van der Waals surface area contributed by atoms with Crippen molar-refractivity contribution in [2.75, 3.05) is 0 Å². The maximum Gasteiger partial charge on any atom is 0.274 e. The fourth-order valence-electron chi connectivity index (χ4n) is 5.90. The van der Waals surface area contributed by atoms with Crippen LogP contribution in [0.4, 0.5) is 0 Å². The third kappa shape index (κ3) is 2.75. The number of nitrogens with zero attached hydrogens (tertiary/aromatic N) is 3. The summed E-state index contributed by atoms with van der Waals surface area (Å²) in [4.78, 5) is 24.6. The summed E-state index contributed by atoms with van der Waals surface area (Å²) in [6, 6.07) is 11.8. The van der Waals surface area contributed by atoms with E-state index in [2.05, 4.69) is 51.4 Å². The third-order valence-electron chi connectivity index (χ3n) is 7.28. The van der Waals surface area contributed by atoms with E-state index in [1.807, 2.05) is 13.0 Å². The molecule has 0 radical (unpaired) electrons. The lowest BCUT2D eigenvalue weighted by Crippen LogP contribution is -2.62. The number of amides is 1. The number of carbonyl (C=O) groups is 1. The maximum atomic E-state index is 13.7. The standard InChI is InChI=1S/C23H28N4O/c1-15-13-25-18(14-24-15)22(28)27-19(11-16-7-4-3-5-8-16)17-12-23(2)20(26-17)9-6-10-21(23)27/h3-5,7-8,13-14,17,19-21,26H,6,9-12H2,1-2H3/t17-,19+,20-,21+,23-/m0/s1. The van der Waals surface area contributed by atoms with Gasteiger partial charge < -0.3 is 10.2 Å². The molecular weight excluding hydrogens is 348 g/mol. The SMILES string of the molecule is Cc1cnc(C(=O)N2[C@H](Cc3ccccc3)[C@@H]3C[C@@]4(C)[C@H](CCC[C@@H]24)N3)cn1. The maximum absolute atomic E-state index is 13.7. The molecule has 1 N–H and O–H groups in total. The second-order valence-electron chi connectivity index (χ2n) is 8.99. The normalized spacial score (nSPS) is 33.7. The molecule has 3 fully saturated rings. The quantitative estimate of drug-likeness (QED) is 0.894. The molecule has 5 rings (SSSR count). The topological polar surface area (TPSA) is 58.1 Å². The Bertz CT molecular complexity index is 868. The Balaban J connectivity index is 1.55. The van der Waals surface area contributed by atoms with Crippen LogP contribution in [-0.2, 0) is 6.42 Å². The first-order chi connectivity index (χ1) is 13.6. The number of fused-ring (bicyclic) bond motifs is 1. The van der Waals surface area contributed by atoms with Crippen molar-refractivity contribution in [1.82, 2.24) is 20.2 Å². The van der Waals surface area contributed by atoms with E-state index in [1.54, 1.807) is 12.4 Å². The van der Waals surface area contributed by atoms with Gasteiger partial charge in [-0.15, -0.1) is 0 Å². The van der Waals surface area contributed by atoms with E-state index in [-0.39, 0.29) is 23.4 Å². The van der Waals surface area contributed by atoms with Gasteiger partial charge in [0.1, 0.15) is 5.69 Å². The van der Waals surface area contributed by atoms with Crippen LogP contribution in [0, 0.1) is 12.3 Å². The molecule has 5 atom stereocenters. The van der Waals surface area contributed by atoms with Crippen LogP contribution in [-0.4, -0.2) is 44.9 Å². The predicted octanol–water partition coefficient (Wildman–Crippen LogP) is 3.14. The largest absolute Gasteiger partial charge is 0.329 e. The number of nitrogens with one attached hydrogen (secondary N) is 1. The van der Waals surface area contributed by atoms with Crippen LogP contribution in [0.1, 0.15) is 54.4 Å². The van der Waals surface area contributed by atoms with Crippen molar-refractivity contribution in [2.45, 2.75) is 70.1 Å². The van der Waals surface area contributed by atoms with Crippen LogP contribution < -0.4 is 5.32 Å². The van der Waals surface area contributed by atoms with E-state index in [1.165, 1.54) is 18.4 Å². The second-order valence-corrected chi connectivity index (χ2v) is 8.99. The van der Waals surface area contributed by atoms with Gasteiger partial charge in [0.25, 0.3) is 5.91 Å². The third-order valence-corrected chi connectivity index (χ3v) is 7.28. The fraction of sp³-hybridized carbons (Fsp3) is 0.522. The molecule has 5 heteroatoms. The molecule has 2 aromatic rings. The Hall–Kier alpha value is -2.27. The number of piperidine rings is 1. The zero-order valence-electron chi connectivity index (χ0n) is 16.6.